The molecule has 0 fully saturated rings. The molecule has 13 heteroatoms. The maximum Gasteiger partial charge on any atom is 1.00 e. The number of carboxylic acids is 4. The topological polar surface area (TPSA) is 192 Å². The van der Waals surface area contributed by atoms with Gasteiger partial charge >= 0.3 is 75.4 Å². The van der Waals surface area contributed by atoms with Gasteiger partial charge in [0.05, 0.1) is 23.9 Å². The molecule has 0 aromatic carbocycles. The molecule has 17 heavy (non-hydrogen) atoms. The molecule has 0 radical (unpaired) electrons. The van der Waals surface area contributed by atoms with Crippen molar-refractivity contribution in [1.29, 1.82) is 0 Å². The van der Waals surface area contributed by atoms with Crippen LogP contribution in [0.25, 0.3) is 0 Å². The van der Waals surface area contributed by atoms with Crippen molar-refractivity contribution in [2.45, 2.75) is 0 Å². The third-order valence-electron chi connectivity index (χ3n) is 0.333. The quantitative estimate of drug-likeness (QED) is 0.284. The summed E-state index contributed by atoms with van der Waals surface area (Å²) in [7, 11) is 0. The third kappa shape index (κ3) is 48.5. The van der Waals surface area contributed by atoms with E-state index in [0.717, 1.165) is 0 Å². The predicted molar refractivity (Wildman–Crippen MR) is 23.6 cm³/mol. The monoisotopic (exact) mass is 222 g/mol. The van der Waals surface area contributed by atoms with Gasteiger partial charge in [-0.3, -0.25) is 0 Å². The Kier molecular flexibility index (Phi) is 64.2. The SMILES string of the molecule is O.O=C([O-])C(=O)[O-].O=C([O-])C(=O)[O-].[Li+].[Li+].[Li+].[Li+]. The summed E-state index contributed by atoms with van der Waals surface area (Å²) in [5.41, 5.74) is 0. The molecule has 0 spiro atoms. The van der Waals surface area contributed by atoms with Crippen molar-refractivity contribution in [3.63, 3.8) is 0 Å². The van der Waals surface area contributed by atoms with Crippen LogP contribution in [-0.4, -0.2) is 29.4 Å². The maximum absolute atomic E-state index is 8.93. The van der Waals surface area contributed by atoms with Crippen molar-refractivity contribution in [1.82, 2.24) is 0 Å². The van der Waals surface area contributed by atoms with Crippen molar-refractivity contribution in [2.24, 2.45) is 0 Å². The fourth-order valence-corrected chi connectivity index (χ4v) is 0. The summed E-state index contributed by atoms with van der Waals surface area (Å²) in [6.07, 6.45) is 0. The minimum Gasteiger partial charge on any atom is -0.543 e. The van der Waals surface area contributed by atoms with Gasteiger partial charge in [0, 0.05) is 0 Å². The Balaban J connectivity index is -0.0000000182. The van der Waals surface area contributed by atoms with Crippen LogP contribution >= 0.6 is 0 Å². The number of carboxylic acid groups (broad SMARTS) is 4. The summed E-state index contributed by atoms with van der Waals surface area (Å²) in [4.78, 5) is 35.7. The van der Waals surface area contributed by atoms with Crippen LogP contribution in [0.1, 0.15) is 0 Å². The Hall–Kier alpha value is 0.230. The van der Waals surface area contributed by atoms with Crippen LogP contribution in [0.4, 0.5) is 0 Å². The first-order valence-electron chi connectivity index (χ1n) is 2.13. The molecule has 0 aliphatic rings. The molecule has 2 N–H and O–H groups in total. The molecule has 0 rings (SSSR count). The van der Waals surface area contributed by atoms with Crippen molar-refractivity contribution < 1.29 is 121 Å². The summed E-state index contributed by atoms with van der Waals surface area (Å²) < 4.78 is 0. The van der Waals surface area contributed by atoms with E-state index in [-0.39, 0.29) is 80.9 Å². The number of hydrogen-bond donors (Lipinski definition) is 0. The zero-order valence-corrected chi connectivity index (χ0v) is 9.77. The van der Waals surface area contributed by atoms with E-state index < -0.39 is 23.9 Å². The smallest absolute Gasteiger partial charge is 0.543 e. The predicted octanol–water partition coefficient (Wildman–Crippen LogP) is -19.8. The van der Waals surface area contributed by atoms with E-state index in [4.69, 9.17) is 39.6 Å². The minimum absolute atomic E-state index is 0. The molecule has 0 bridgehead atoms. The largest absolute Gasteiger partial charge is 1.00 e. The Bertz CT molecular complexity index is 181. The van der Waals surface area contributed by atoms with E-state index in [2.05, 4.69) is 0 Å². The second-order valence-electron chi connectivity index (χ2n) is 1.15. The molecule has 0 heterocycles. The average Bonchev–Trinajstić information content (AvgIpc) is 1.88. The Morgan fingerprint density at radius 1 is 0.471 bits per heavy atom. The molecule has 0 amide bonds. The summed E-state index contributed by atoms with van der Waals surface area (Å²) in [5, 5.41) is 35.7. The first-order valence-corrected chi connectivity index (χ1v) is 2.13. The second kappa shape index (κ2) is 25.2. The number of aliphatic carboxylic acids is 4. The van der Waals surface area contributed by atoms with Crippen molar-refractivity contribution in [3.8, 4) is 0 Å². The molecule has 9 nitrogen and oxygen atoms in total. The van der Waals surface area contributed by atoms with E-state index >= 15 is 0 Å². The van der Waals surface area contributed by atoms with Gasteiger partial charge in [-0.25, -0.2) is 0 Å². The first-order chi connectivity index (χ1) is 5.29. The fourth-order valence-electron chi connectivity index (χ4n) is 0. The van der Waals surface area contributed by atoms with E-state index in [0.29, 0.717) is 0 Å². The normalized spacial score (nSPS) is 5.18. The van der Waals surface area contributed by atoms with Gasteiger partial charge in [-0.1, -0.05) is 0 Å². The molecule has 0 saturated heterocycles. The first kappa shape index (κ1) is 43.4. The Morgan fingerprint density at radius 3 is 0.529 bits per heavy atom. The van der Waals surface area contributed by atoms with Gasteiger partial charge < -0.3 is 45.1 Å². The summed E-state index contributed by atoms with van der Waals surface area (Å²) in [6.45, 7) is 0. The Labute approximate surface area is 143 Å². The van der Waals surface area contributed by atoms with Gasteiger partial charge in [-0.05, 0) is 0 Å². The van der Waals surface area contributed by atoms with Crippen LogP contribution in [0.2, 0.25) is 0 Å². The molecule has 0 unspecified atom stereocenters. The third-order valence-corrected chi connectivity index (χ3v) is 0.333. The van der Waals surface area contributed by atoms with Gasteiger partial charge in [0.2, 0.25) is 0 Å². The number of rotatable bonds is 0. The Morgan fingerprint density at radius 2 is 0.529 bits per heavy atom. The minimum atomic E-state index is -2.19. The molecule has 0 aromatic heterocycles. The molecule has 0 atom stereocenters. The second-order valence-corrected chi connectivity index (χ2v) is 1.15. The standard InChI is InChI=1S/2C2H2O4.4Li.H2O/c2*3-1(4)2(5)6;;;;;/h2*(H,3,4)(H,5,6);;;;;1H2/q;;4*+1;/p-4. The van der Waals surface area contributed by atoms with Gasteiger partial charge in [0.1, 0.15) is 0 Å². The average molecular weight is 222 g/mol. The van der Waals surface area contributed by atoms with Crippen molar-refractivity contribution in [3.05, 3.63) is 0 Å². The maximum atomic E-state index is 8.93. The van der Waals surface area contributed by atoms with Crippen LogP contribution in [0.15, 0.2) is 0 Å². The van der Waals surface area contributed by atoms with Gasteiger partial charge in [-0.15, -0.1) is 0 Å². The molecule has 0 aliphatic heterocycles. The van der Waals surface area contributed by atoms with Gasteiger partial charge in [-0.2, -0.15) is 0 Å². The molecule has 76 valence electrons. The van der Waals surface area contributed by atoms with Crippen molar-refractivity contribution >= 4 is 23.9 Å². The molecular weight excluding hydrogens is 220 g/mol. The zero-order chi connectivity index (χ0) is 10.3. The van der Waals surface area contributed by atoms with Crippen LogP contribution in [0.5, 0.6) is 0 Å². The van der Waals surface area contributed by atoms with Crippen LogP contribution in [0, 0.1) is 0 Å². The van der Waals surface area contributed by atoms with E-state index in [1.54, 1.807) is 0 Å². The zero-order valence-electron chi connectivity index (χ0n) is 9.77. The molecule has 0 aliphatic carbocycles. The fraction of sp³-hybridized carbons (Fsp3) is 0. The van der Waals surface area contributed by atoms with Gasteiger partial charge in [0.15, 0.2) is 0 Å². The molecule has 0 saturated carbocycles. The number of carbonyl (C=O) groups excluding carboxylic acids is 4. The van der Waals surface area contributed by atoms with E-state index in [1.165, 1.54) is 0 Å². The molecule has 0 aromatic rings. The number of hydrogen-bond acceptors (Lipinski definition) is 8. The van der Waals surface area contributed by atoms with Crippen LogP contribution in [-0.2, 0) is 19.2 Å². The summed E-state index contributed by atoms with van der Waals surface area (Å²) in [5.74, 6) is -8.74. The van der Waals surface area contributed by atoms with Gasteiger partial charge in [0.25, 0.3) is 0 Å². The van der Waals surface area contributed by atoms with Crippen molar-refractivity contribution in [2.75, 3.05) is 0 Å². The van der Waals surface area contributed by atoms with E-state index in [9.17, 15) is 0 Å². The number of carbonyl (C=O) groups is 4. The van der Waals surface area contributed by atoms with E-state index in [1.807, 2.05) is 0 Å². The molecular formula is C4H2Li4O9. The van der Waals surface area contributed by atoms with Crippen LogP contribution < -0.4 is 95.9 Å². The summed E-state index contributed by atoms with van der Waals surface area (Å²) in [6, 6.07) is 0. The summed E-state index contributed by atoms with van der Waals surface area (Å²) >= 11 is 0. The van der Waals surface area contributed by atoms with Crippen LogP contribution in [0.3, 0.4) is 0 Å².